The SMILES string of the molecule is CC(C(=O)O)n1c2c(s/c1=N\C(=O)c1cccc(C(F)(F)F)c1)CCCCC2. The third kappa shape index (κ3) is 4.19. The summed E-state index contributed by atoms with van der Waals surface area (Å²) in [5.74, 6) is -1.88. The van der Waals surface area contributed by atoms with E-state index in [1.807, 2.05) is 0 Å². The molecule has 0 bridgehead atoms. The number of aryl methyl sites for hydroxylation is 1. The molecule has 0 aliphatic heterocycles. The first-order valence-electron chi connectivity index (χ1n) is 8.90. The Labute approximate surface area is 163 Å². The summed E-state index contributed by atoms with van der Waals surface area (Å²) in [7, 11) is 0. The van der Waals surface area contributed by atoms with Crippen LogP contribution in [0.25, 0.3) is 0 Å². The zero-order chi connectivity index (χ0) is 20.5. The van der Waals surface area contributed by atoms with Crippen LogP contribution >= 0.6 is 11.3 Å². The lowest BCUT2D eigenvalue weighted by Crippen LogP contribution is -2.27. The summed E-state index contributed by atoms with van der Waals surface area (Å²) in [4.78, 5) is 29.3. The average Bonchev–Trinajstić information content (AvgIpc) is 2.81. The maximum absolute atomic E-state index is 12.9. The van der Waals surface area contributed by atoms with Crippen LogP contribution in [0.4, 0.5) is 13.2 Å². The number of fused-ring (bicyclic) bond motifs is 1. The second-order valence-corrected chi connectivity index (χ2v) is 7.76. The molecule has 1 atom stereocenters. The van der Waals surface area contributed by atoms with Gasteiger partial charge in [0.1, 0.15) is 6.04 Å². The van der Waals surface area contributed by atoms with Crippen LogP contribution in [0, 0.1) is 0 Å². The van der Waals surface area contributed by atoms with Crippen molar-refractivity contribution in [3.05, 3.63) is 50.8 Å². The predicted octanol–water partition coefficient (Wildman–Crippen LogP) is 4.22. The maximum Gasteiger partial charge on any atom is 0.416 e. The summed E-state index contributed by atoms with van der Waals surface area (Å²) in [6.45, 7) is 1.51. The van der Waals surface area contributed by atoms with Crippen molar-refractivity contribution >= 4 is 23.2 Å². The van der Waals surface area contributed by atoms with Crippen molar-refractivity contribution in [1.29, 1.82) is 0 Å². The number of carboxylic acids is 1. The highest BCUT2D eigenvalue weighted by molar-refractivity contribution is 7.09. The van der Waals surface area contributed by atoms with Gasteiger partial charge in [-0.2, -0.15) is 18.2 Å². The van der Waals surface area contributed by atoms with Crippen molar-refractivity contribution in [3.63, 3.8) is 0 Å². The molecule has 0 spiro atoms. The summed E-state index contributed by atoms with van der Waals surface area (Å²) in [5, 5.41) is 9.46. The number of halogens is 3. The maximum atomic E-state index is 12.9. The topological polar surface area (TPSA) is 71.7 Å². The van der Waals surface area contributed by atoms with Gasteiger partial charge in [-0.25, -0.2) is 4.79 Å². The normalized spacial score (nSPS) is 16.4. The molecule has 1 aromatic carbocycles. The summed E-state index contributed by atoms with van der Waals surface area (Å²) < 4.78 is 40.2. The van der Waals surface area contributed by atoms with Gasteiger partial charge in [0, 0.05) is 16.1 Å². The molecule has 5 nitrogen and oxygen atoms in total. The van der Waals surface area contributed by atoms with Gasteiger partial charge in [-0.05, 0) is 50.8 Å². The Bertz CT molecular complexity index is 976. The molecular weight excluding hydrogens is 393 g/mol. The molecule has 2 aromatic rings. The number of hydrogen-bond acceptors (Lipinski definition) is 3. The molecule has 1 N–H and O–H groups in total. The Morgan fingerprint density at radius 3 is 2.61 bits per heavy atom. The summed E-state index contributed by atoms with van der Waals surface area (Å²) in [6, 6.07) is 3.14. The van der Waals surface area contributed by atoms with E-state index in [2.05, 4.69) is 4.99 Å². The molecule has 28 heavy (non-hydrogen) atoms. The molecule has 0 fully saturated rings. The number of nitrogens with zero attached hydrogens (tertiary/aromatic N) is 2. The largest absolute Gasteiger partial charge is 0.480 e. The summed E-state index contributed by atoms with van der Waals surface area (Å²) in [5.41, 5.74) is -0.261. The molecular formula is C19H19F3N2O3S. The summed E-state index contributed by atoms with van der Waals surface area (Å²) in [6.07, 6.45) is -0.170. The van der Waals surface area contributed by atoms with Crippen LogP contribution in [-0.4, -0.2) is 21.6 Å². The second kappa shape index (κ2) is 7.90. The van der Waals surface area contributed by atoms with E-state index in [4.69, 9.17) is 0 Å². The average molecular weight is 412 g/mol. The molecule has 1 amide bonds. The van der Waals surface area contributed by atoms with E-state index >= 15 is 0 Å². The Morgan fingerprint density at radius 2 is 1.93 bits per heavy atom. The third-order valence-electron chi connectivity index (χ3n) is 4.73. The first kappa shape index (κ1) is 20.3. The van der Waals surface area contributed by atoms with E-state index in [1.165, 1.54) is 24.3 Å². The number of rotatable bonds is 3. The first-order valence-corrected chi connectivity index (χ1v) is 9.72. The molecule has 1 aliphatic carbocycles. The fourth-order valence-electron chi connectivity index (χ4n) is 3.24. The van der Waals surface area contributed by atoms with Crippen molar-refractivity contribution in [2.45, 2.75) is 51.2 Å². The molecule has 9 heteroatoms. The Kier molecular flexibility index (Phi) is 5.74. The molecule has 1 aliphatic rings. The van der Waals surface area contributed by atoms with Gasteiger partial charge >= 0.3 is 12.1 Å². The van der Waals surface area contributed by atoms with Gasteiger partial charge in [0.15, 0.2) is 4.80 Å². The number of aliphatic carboxylic acids is 1. The number of amides is 1. The van der Waals surface area contributed by atoms with E-state index in [-0.39, 0.29) is 10.4 Å². The van der Waals surface area contributed by atoms with Gasteiger partial charge in [0.2, 0.25) is 0 Å². The minimum absolute atomic E-state index is 0.187. The van der Waals surface area contributed by atoms with Gasteiger partial charge in [-0.3, -0.25) is 4.79 Å². The van der Waals surface area contributed by atoms with Gasteiger partial charge in [-0.15, -0.1) is 11.3 Å². The monoisotopic (exact) mass is 412 g/mol. The van der Waals surface area contributed by atoms with Gasteiger partial charge in [0.05, 0.1) is 5.56 Å². The van der Waals surface area contributed by atoms with Crippen molar-refractivity contribution in [1.82, 2.24) is 4.57 Å². The van der Waals surface area contributed by atoms with E-state index < -0.39 is 29.7 Å². The lowest BCUT2D eigenvalue weighted by atomic mass is 10.1. The fraction of sp³-hybridized carbons (Fsp3) is 0.421. The zero-order valence-corrected chi connectivity index (χ0v) is 15.9. The minimum atomic E-state index is -4.56. The highest BCUT2D eigenvalue weighted by Crippen LogP contribution is 2.30. The lowest BCUT2D eigenvalue weighted by molar-refractivity contribution is -0.140. The van der Waals surface area contributed by atoms with Gasteiger partial charge < -0.3 is 9.67 Å². The highest BCUT2D eigenvalue weighted by atomic mass is 32.1. The molecule has 0 saturated carbocycles. The molecule has 3 rings (SSSR count). The molecule has 1 unspecified atom stereocenters. The van der Waals surface area contributed by atoms with E-state index in [1.54, 1.807) is 4.57 Å². The van der Waals surface area contributed by atoms with E-state index in [0.29, 0.717) is 6.42 Å². The van der Waals surface area contributed by atoms with Crippen molar-refractivity contribution in [3.8, 4) is 0 Å². The van der Waals surface area contributed by atoms with Crippen LogP contribution in [0.1, 0.15) is 58.7 Å². The lowest BCUT2D eigenvalue weighted by Gasteiger charge is -2.13. The first-order chi connectivity index (χ1) is 13.2. The number of hydrogen-bond donors (Lipinski definition) is 1. The highest BCUT2D eigenvalue weighted by Gasteiger charge is 2.31. The Balaban J connectivity index is 2.09. The van der Waals surface area contributed by atoms with E-state index in [0.717, 1.165) is 54.5 Å². The van der Waals surface area contributed by atoms with Crippen LogP contribution in [0.15, 0.2) is 29.3 Å². The van der Waals surface area contributed by atoms with Crippen molar-refractivity contribution in [2.75, 3.05) is 0 Å². The Hall–Kier alpha value is -2.42. The van der Waals surface area contributed by atoms with Crippen LogP contribution in [0.2, 0.25) is 0 Å². The molecule has 1 aromatic heterocycles. The number of carbonyl (C=O) groups excluding carboxylic acids is 1. The van der Waals surface area contributed by atoms with Crippen molar-refractivity contribution in [2.24, 2.45) is 4.99 Å². The van der Waals surface area contributed by atoms with Crippen molar-refractivity contribution < 1.29 is 27.9 Å². The minimum Gasteiger partial charge on any atom is -0.480 e. The zero-order valence-electron chi connectivity index (χ0n) is 15.1. The smallest absolute Gasteiger partial charge is 0.416 e. The van der Waals surface area contributed by atoms with E-state index in [9.17, 15) is 27.9 Å². The molecule has 0 radical (unpaired) electrons. The predicted molar refractivity (Wildman–Crippen MR) is 97.3 cm³/mol. The van der Waals surface area contributed by atoms with Gasteiger partial charge in [-0.1, -0.05) is 12.5 Å². The van der Waals surface area contributed by atoms with Crippen LogP contribution in [0.3, 0.4) is 0 Å². The van der Waals surface area contributed by atoms with Crippen LogP contribution in [-0.2, 0) is 23.8 Å². The number of aromatic nitrogens is 1. The standard InChI is InChI=1S/C19H19F3N2O3S/c1-11(17(26)27)24-14-8-3-2-4-9-15(14)28-18(24)23-16(25)12-6-5-7-13(10-12)19(20,21)22/h5-7,10-11H,2-4,8-9H2,1H3,(H,26,27)/b23-18-. The fourth-order valence-corrected chi connectivity index (χ4v) is 4.52. The van der Waals surface area contributed by atoms with Crippen LogP contribution < -0.4 is 4.80 Å². The second-order valence-electron chi connectivity index (χ2n) is 6.69. The quantitative estimate of drug-likeness (QED) is 0.767. The van der Waals surface area contributed by atoms with Gasteiger partial charge in [0.25, 0.3) is 5.91 Å². The number of benzene rings is 1. The molecule has 1 heterocycles. The van der Waals surface area contributed by atoms with Crippen LogP contribution in [0.5, 0.6) is 0 Å². The number of thiazole rings is 1. The molecule has 0 saturated heterocycles. The Morgan fingerprint density at radius 1 is 1.21 bits per heavy atom. The number of carbonyl (C=O) groups is 2. The molecule has 150 valence electrons. The third-order valence-corrected chi connectivity index (χ3v) is 5.89. The number of alkyl halides is 3. The number of carboxylic acid groups (broad SMARTS) is 1. The summed E-state index contributed by atoms with van der Waals surface area (Å²) >= 11 is 1.24.